The van der Waals surface area contributed by atoms with Crippen LogP contribution in [-0.4, -0.2) is 13.4 Å². The summed E-state index contributed by atoms with van der Waals surface area (Å²) < 4.78 is 24.2. The van der Waals surface area contributed by atoms with Crippen LogP contribution in [0.15, 0.2) is 39.0 Å². The molecule has 84 valence electrons. The second-order valence-electron chi connectivity index (χ2n) is 3.32. The fourth-order valence-electron chi connectivity index (χ4n) is 1.26. The van der Waals surface area contributed by atoms with E-state index in [-0.39, 0.29) is 9.24 Å². The molecular weight excluding hydrogens is 244 g/mol. The number of anilines is 1. The van der Waals surface area contributed by atoms with Crippen molar-refractivity contribution in [1.29, 1.82) is 0 Å². The van der Waals surface area contributed by atoms with E-state index in [1.54, 1.807) is 24.4 Å². The van der Waals surface area contributed by atoms with Crippen LogP contribution < -0.4 is 5.73 Å². The first kappa shape index (κ1) is 11.1. The number of rotatable bonds is 2. The van der Waals surface area contributed by atoms with Gasteiger partial charge in [-0.25, -0.2) is 13.4 Å². The van der Waals surface area contributed by atoms with Crippen molar-refractivity contribution in [2.45, 2.75) is 16.2 Å². The molecule has 0 aliphatic rings. The Hall–Kier alpha value is -1.40. The van der Waals surface area contributed by atoms with Crippen molar-refractivity contribution in [3.8, 4) is 0 Å². The van der Waals surface area contributed by atoms with Gasteiger partial charge in [0.05, 0.1) is 4.90 Å². The molecule has 0 unspecified atom stereocenters. The van der Waals surface area contributed by atoms with Gasteiger partial charge in [-0.2, -0.15) is 0 Å². The number of benzene rings is 1. The van der Waals surface area contributed by atoms with E-state index in [2.05, 4.69) is 4.98 Å². The lowest BCUT2D eigenvalue weighted by molar-refractivity contribution is 0.595. The smallest absolute Gasteiger partial charge is 0.233 e. The number of hydrogen-bond acceptors (Lipinski definition) is 5. The van der Waals surface area contributed by atoms with Gasteiger partial charge in [0, 0.05) is 17.3 Å². The quantitative estimate of drug-likeness (QED) is 0.830. The van der Waals surface area contributed by atoms with Gasteiger partial charge < -0.3 is 5.73 Å². The zero-order valence-electron chi connectivity index (χ0n) is 8.54. The summed E-state index contributed by atoms with van der Waals surface area (Å²) in [4.78, 5) is 4.05. The van der Waals surface area contributed by atoms with Crippen molar-refractivity contribution in [1.82, 2.24) is 4.98 Å². The number of hydrogen-bond donors (Lipinski definition) is 1. The van der Waals surface area contributed by atoms with Crippen LogP contribution in [0, 0.1) is 6.92 Å². The average molecular weight is 254 g/mol. The SMILES string of the molecule is Cc1cc(S(=O)(=O)c2nccs2)ccc1N. The van der Waals surface area contributed by atoms with E-state index >= 15 is 0 Å². The molecule has 1 aromatic heterocycles. The molecule has 1 aromatic carbocycles. The molecule has 16 heavy (non-hydrogen) atoms. The largest absolute Gasteiger partial charge is 0.399 e. The highest BCUT2D eigenvalue weighted by atomic mass is 32.2. The maximum absolute atomic E-state index is 12.1. The molecular formula is C10H10N2O2S2. The van der Waals surface area contributed by atoms with Crippen LogP contribution in [0.5, 0.6) is 0 Å². The number of thiazole rings is 1. The topological polar surface area (TPSA) is 73.0 Å². The lowest BCUT2D eigenvalue weighted by atomic mass is 10.2. The van der Waals surface area contributed by atoms with Crippen LogP contribution in [0.1, 0.15) is 5.56 Å². The molecule has 0 fully saturated rings. The Kier molecular flexibility index (Phi) is 2.69. The molecule has 2 rings (SSSR count). The Morgan fingerprint density at radius 2 is 2.12 bits per heavy atom. The number of aromatic nitrogens is 1. The van der Waals surface area contributed by atoms with Gasteiger partial charge in [0.2, 0.25) is 14.2 Å². The molecule has 0 aliphatic carbocycles. The van der Waals surface area contributed by atoms with Crippen LogP contribution in [0.3, 0.4) is 0 Å². The Labute approximate surface area is 97.7 Å². The third-order valence-corrected chi connectivity index (χ3v) is 5.14. The molecule has 2 aromatic rings. The molecule has 0 atom stereocenters. The molecule has 0 radical (unpaired) electrons. The Bertz CT molecular complexity index is 604. The first-order valence-electron chi connectivity index (χ1n) is 4.52. The minimum absolute atomic E-state index is 0.108. The third-order valence-electron chi connectivity index (χ3n) is 2.19. The van der Waals surface area contributed by atoms with E-state index in [9.17, 15) is 8.42 Å². The maximum Gasteiger partial charge on any atom is 0.233 e. The van der Waals surface area contributed by atoms with Crippen LogP contribution in [-0.2, 0) is 9.84 Å². The highest BCUT2D eigenvalue weighted by molar-refractivity contribution is 7.93. The standard InChI is InChI=1S/C10H10N2O2S2/c1-7-6-8(2-3-9(7)11)16(13,14)10-12-4-5-15-10/h2-6H,11H2,1H3. The molecule has 2 N–H and O–H groups in total. The summed E-state index contributed by atoms with van der Waals surface area (Å²) in [5.41, 5.74) is 6.97. The van der Waals surface area contributed by atoms with Crippen LogP contribution in [0.4, 0.5) is 5.69 Å². The monoisotopic (exact) mass is 254 g/mol. The first-order chi connectivity index (χ1) is 7.51. The molecule has 0 bridgehead atoms. The summed E-state index contributed by atoms with van der Waals surface area (Å²) in [6.07, 6.45) is 1.47. The summed E-state index contributed by atoms with van der Waals surface area (Å²) in [7, 11) is -3.48. The predicted molar refractivity (Wildman–Crippen MR) is 63.2 cm³/mol. The predicted octanol–water partition coefficient (Wildman–Crippen LogP) is 1.87. The summed E-state index contributed by atoms with van der Waals surface area (Å²) in [6.45, 7) is 1.77. The molecule has 4 nitrogen and oxygen atoms in total. The second-order valence-corrected chi connectivity index (χ2v) is 6.34. The van der Waals surface area contributed by atoms with E-state index in [4.69, 9.17) is 5.73 Å². The minimum Gasteiger partial charge on any atom is -0.399 e. The van der Waals surface area contributed by atoms with Crippen molar-refractivity contribution >= 4 is 26.9 Å². The lowest BCUT2D eigenvalue weighted by Crippen LogP contribution is -2.02. The Balaban J connectivity index is 2.57. The number of nitrogen functional groups attached to an aromatic ring is 1. The van der Waals surface area contributed by atoms with Crippen LogP contribution >= 0.6 is 11.3 Å². The van der Waals surface area contributed by atoms with Crippen molar-refractivity contribution < 1.29 is 8.42 Å². The number of nitrogens with two attached hydrogens (primary N) is 1. The lowest BCUT2D eigenvalue weighted by Gasteiger charge is -2.04. The van der Waals surface area contributed by atoms with Gasteiger partial charge >= 0.3 is 0 Å². The molecule has 0 amide bonds. The normalized spacial score (nSPS) is 11.6. The highest BCUT2D eigenvalue weighted by Crippen LogP contribution is 2.24. The number of sulfone groups is 1. The maximum atomic E-state index is 12.1. The second kappa shape index (κ2) is 3.88. The van der Waals surface area contributed by atoms with Crippen molar-refractivity contribution in [3.63, 3.8) is 0 Å². The summed E-state index contributed by atoms with van der Waals surface area (Å²) in [6, 6.07) is 4.65. The van der Waals surface area contributed by atoms with Crippen molar-refractivity contribution in [2.75, 3.05) is 5.73 Å². The molecule has 1 heterocycles. The number of nitrogens with zero attached hydrogens (tertiary/aromatic N) is 1. The number of aryl methyl sites for hydroxylation is 1. The van der Waals surface area contributed by atoms with Crippen LogP contribution in [0.25, 0.3) is 0 Å². The molecule has 0 spiro atoms. The van der Waals surface area contributed by atoms with Crippen molar-refractivity contribution in [2.24, 2.45) is 0 Å². The Morgan fingerprint density at radius 1 is 1.38 bits per heavy atom. The van der Waals surface area contributed by atoms with Gasteiger partial charge in [-0.15, -0.1) is 11.3 Å². The summed E-state index contributed by atoms with van der Waals surface area (Å²) in [5, 5.41) is 1.64. The van der Waals surface area contributed by atoms with Gasteiger partial charge in [0.25, 0.3) is 0 Å². The van der Waals surface area contributed by atoms with Gasteiger partial charge in [-0.1, -0.05) is 0 Å². The van der Waals surface area contributed by atoms with Gasteiger partial charge in [0.15, 0.2) is 0 Å². The molecule has 0 aliphatic heterocycles. The van der Waals surface area contributed by atoms with E-state index in [0.29, 0.717) is 5.69 Å². The first-order valence-corrected chi connectivity index (χ1v) is 6.89. The van der Waals surface area contributed by atoms with E-state index in [0.717, 1.165) is 16.9 Å². The van der Waals surface area contributed by atoms with Gasteiger partial charge in [0.1, 0.15) is 0 Å². The zero-order chi connectivity index (χ0) is 11.8. The van der Waals surface area contributed by atoms with E-state index in [1.807, 2.05) is 0 Å². The fourth-order valence-corrected chi connectivity index (χ4v) is 3.56. The van der Waals surface area contributed by atoms with Gasteiger partial charge in [-0.05, 0) is 30.7 Å². The van der Waals surface area contributed by atoms with Crippen LogP contribution in [0.2, 0.25) is 0 Å². The van der Waals surface area contributed by atoms with E-state index in [1.165, 1.54) is 12.3 Å². The molecule has 0 saturated carbocycles. The average Bonchev–Trinajstić information content (AvgIpc) is 2.75. The summed E-state index contributed by atoms with van der Waals surface area (Å²) in [5.74, 6) is 0. The fraction of sp³-hybridized carbons (Fsp3) is 0.100. The third kappa shape index (κ3) is 1.81. The van der Waals surface area contributed by atoms with Crippen molar-refractivity contribution in [3.05, 3.63) is 35.3 Å². The van der Waals surface area contributed by atoms with E-state index < -0.39 is 9.84 Å². The molecule has 6 heteroatoms. The summed E-state index contributed by atoms with van der Waals surface area (Å²) >= 11 is 1.10. The molecule has 0 saturated heterocycles. The van der Waals surface area contributed by atoms with Gasteiger partial charge in [-0.3, -0.25) is 0 Å². The Morgan fingerprint density at radius 3 is 2.69 bits per heavy atom. The highest BCUT2D eigenvalue weighted by Gasteiger charge is 2.20. The minimum atomic E-state index is -3.48. The zero-order valence-corrected chi connectivity index (χ0v) is 10.2.